The fourth-order valence-corrected chi connectivity index (χ4v) is 1.82. The predicted octanol–water partition coefficient (Wildman–Crippen LogP) is 1.78. The summed E-state index contributed by atoms with van der Waals surface area (Å²) in [4.78, 5) is 0. The molecule has 1 aliphatic rings. The van der Waals surface area contributed by atoms with Crippen LogP contribution in [0.1, 0.15) is 18.1 Å². The zero-order valence-corrected chi connectivity index (χ0v) is 11.4. The van der Waals surface area contributed by atoms with Gasteiger partial charge in [0, 0.05) is 17.8 Å². The van der Waals surface area contributed by atoms with Gasteiger partial charge in [-0.1, -0.05) is 0 Å². The van der Waals surface area contributed by atoms with Crippen LogP contribution >= 0.6 is 0 Å². The molecule has 1 aromatic rings. The summed E-state index contributed by atoms with van der Waals surface area (Å²) >= 11 is 0. The minimum atomic E-state index is -4.51. The molecule has 1 heterocycles. The van der Waals surface area contributed by atoms with E-state index in [9.17, 15) is 18.3 Å². The Balaban J connectivity index is 2.33. The number of aliphatic hydroxyl groups is 1. The van der Waals surface area contributed by atoms with E-state index in [1.807, 2.05) is 0 Å². The van der Waals surface area contributed by atoms with Gasteiger partial charge in [0.25, 0.3) is 0 Å². The monoisotopic (exact) mass is 303 g/mol. The molecule has 0 bridgehead atoms. The van der Waals surface area contributed by atoms with Crippen LogP contribution in [0.2, 0.25) is 0 Å². The fourth-order valence-electron chi connectivity index (χ4n) is 1.82. The second-order valence-electron chi connectivity index (χ2n) is 4.66. The Morgan fingerprint density at radius 3 is 2.81 bits per heavy atom. The summed E-state index contributed by atoms with van der Waals surface area (Å²) in [5.41, 5.74) is 2.02. The van der Waals surface area contributed by atoms with Crippen molar-refractivity contribution in [2.45, 2.75) is 19.2 Å². The Kier molecular flexibility index (Phi) is 4.56. The van der Waals surface area contributed by atoms with Gasteiger partial charge in [-0.2, -0.15) is 13.2 Å². The zero-order valence-electron chi connectivity index (χ0n) is 11.4. The highest BCUT2D eigenvalue weighted by Gasteiger charge is 2.34. The van der Waals surface area contributed by atoms with Crippen molar-refractivity contribution in [3.05, 3.63) is 29.3 Å². The quantitative estimate of drug-likeness (QED) is 0.793. The number of anilines is 1. The van der Waals surface area contributed by atoms with Crippen molar-refractivity contribution in [1.82, 2.24) is 5.43 Å². The number of alkyl halides is 3. The fraction of sp³-hybridized carbons (Fsp3) is 0.462. The van der Waals surface area contributed by atoms with Crippen LogP contribution < -0.4 is 10.7 Å². The topological polar surface area (TPSA) is 65.9 Å². The summed E-state index contributed by atoms with van der Waals surface area (Å²) in [6.07, 6.45) is -5.26. The maximum Gasteiger partial charge on any atom is 0.418 e. The van der Waals surface area contributed by atoms with E-state index in [1.165, 1.54) is 19.1 Å². The number of hydrogen-bond donors (Lipinski definition) is 3. The molecule has 0 fully saturated rings. The Morgan fingerprint density at radius 1 is 1.48 bits per heavy atom. The Morgan fingerprint density at radius 2 is 2.24 bits per heavy atom. The molecule has 3 N–H and O–H groups in total. The lowest BCUT2D eigenvalue weighted by Gasteiger charge is -2.19. The van der Waals surface area contributed by atoms with E-state index in [-0.39, 0.29) is 23.7 Å². The summed E-state index contributed by atoms with van der Waals surface area (Å²) < 4.78 is 44.6. The molecular formula is C13H16F3N3O2. The maximum absolute atomic E-state index is 13.1. The van der Waals surface area contributed by atoms with Crippen LogP contribution in [0.4, 0.5) is 18.9 Å². The molecular weight excluding hydrogens is 287 g/mol. The molecule has 116 valence electrons. The van der Waals surface area contributed by atoms with Crippen molar-refractivity contribution in [3.63, 3.8) is 0 Å². The molecule has 0 saturated heterocycles. The zero-order chi connectivity index (χ0) is 15.5. The average Bonchev–Trinajstić information content (AvgIpc) is 2.45. The SMILES string of the molecule is C[C@H](O)CNc1ccc(C2=NNCCO2)cc1C(F)(F)F. The lowest BCUT2D eigenvalue weighted by molar-refractivity contribution is -0.137. The van der Waals surface area contributed by atoms with Gasteiger partial charge >= 0.3 is 6.18 Å². The van der Waals surface area contributed by atoms with Crippen molar-refractivity contribution < 1.29 is 23.0 Å². The number of halogens is 3. The molecule has 0 aliphatic carbocycles. The molecule has 0 radical (unpaired) electrons. The van der Waals surface area contributed by atoms with Crippen molar-refractivity contribution in [2.75, 3.05) is 25.0 Å². The first kappa shape index (κ1) is 15.4. The predicted molar refractivity (Wildman–Crippen MR) is 72.1 cm³/mol. The summed E-state index contributed by atoms with van der Waals surface area (Å²) in [7, 11) is 0. The summed E-state index contributed by atoms with van der Waals surface area (Å²) in [5, 5.41) is 15.6. The molecule has 0 unspecified atom stereocenters. The van der Waals surface area contributed by atoms with E-state index in [0.29, 0.717) is 13.2 Å². The first-order valence-electron chi connectivity index (χ1n) is 6.45. The third-order valence-corrected chi connectivity index (χ3v) is 2.79. The molecule has 0 saturated carbocycles. The highest BCUT2D eigenvalue weighted by Crippen LogP contribution is 2.35. The third kappa shape index (κ3) is 4.01. The minimum Gasteiger partial charge on any atom is -0.474 e. The van der Waals surface area contributed by atoms with E-state index in [4.69, 9.17) is 4.74 Å². The van der Waals surface area contributed by atoms with Crippen LogP contribution in [-0.4, -0.2) is 36.8 Å². The summed E-state index contributed by atoms with van der Waals surface area (Å²) in [5.74, 6) is 0.133. The molecule has 0 spiro atoms. The molecule has 2 rings (SSSR count). The van der Waals surface area contributed by atoms with Crippen LogP contribution in [0.3, 0.4) is 0 Å². The molecule has 1 aromatic carbocycles. The largest absolute Gasteiger partial charge is 0.474 e. The first-order chi connectivity index (χ1) is 9.88. The molecule has 1 atom stereocenters. The van der Waals surface area contributed by atoms with Gasteiger partial charge in [-0.05, 0) is 25.1 Å². The molecule has 5 nitrogen and oxygen atoms in total. The van der Waals surface area contributed by atoms with Gasteiger partial charge in [0.1, 0.15) is 6.61 Å². The average molecular weight is 303 g/mol. The lowest BCUT2D eigenvalue weighted by atomic mass is 10.1. The van der Waals surface area contributed by atoms with Gasteiger partial charge in [-0.3, -0.25) is 0 Å². The molecule has 21 heavy (non-hydrogen) atoms. The van der Waals surface area contributed by atoms with E-state index in [2.05, 4.69) is 15.8 Å². The van der Waals surface area contributed by atoms with Gasteiger partial charge in [0.15, 0.2) is 0 Å². The van der Waals surface area contributed by atoms with Gasteiger partial charge in [-0.15, -0.1) is 5.10 Å². The Bertz CT molecular complexity index is 530. The highest BCUT2D eigenvalue weighted by molar-refractivity contribution is 5.95. The van der Waals surface area contributed by atoms with Gasteiger partial charge in [-0.25, -0.2) is 0 Å². The van der Waals surface area contributed by atoms with Crippen molar-refractivity contribution in [3.8, 4) is 0 Å². The number of nitrogens with zero attached hydrogens (tertiary/aromatic N) is 1. The maximum atomic E-state index is 13.1. The van der Waals surface area contributed by atoms with Crippen molar-refractivity contribution in [1.29, 1.82) is 0 Å². The number of hydrazone groups is 1. The number of hydrogen-bond acceptors (Lipinski definition) is 5. The standard InChI is InChI=1S/C13H16F3N3O2/c1-8(20)7-17-11-3-2-9(6-10(11)13(14,15)16)12-19-18-4-5-21-12/h2-3,6,8,17-18,20H,4-5,7H2,1H3/t8-/m0/s1. The number of nitrogens with one attached hydrogen (secondary N) is 2. The van der Waals surface area contributed by atoms with Gasteiger partial charge in [0.05, 0.1) is 18.2 Å². The number of aliphatic hydroxyl groups excluding tert-OH is 1. The Labute approximate surface area is 119 Å². The second kappa shape index (κ2) is 6.21. The van der Waals surface area contributed by atoms with Gasteiger partial charge < -0.3 is 20.6 Å². The number of benzene rings is 1. The van der Waals surface area contributed by atoms with Crippen LogP contribution in [-0.2, 0) is 10.9 Å². The smallest absolute Gasteiger partial charge is 0.418 e. The van der Waals surface area contributed by atoms with Crippen molar-refractivity contribution >= 4 is 11.6 Å². The number of rotatable bonds is 4. The summed E-state index contributed by atoms with van der Waals surface area (Å²) in [6, 6.07) is 3.78. The molecule has 1 aliphatic heterocycles. The molecule has 8 heteroatoms. The van der Waals surface area contributed by atoms with Gasteiger partial charge in [0.2, 0.25) is 5.90 Å². The lowest BCUT2D eigenvalue weighted by Crippen LogP contribution is -2.26. The third-order valence-electron chi connectivity index (χ3n) is 2.79. The van der Waals surface area contributed by atoms with E-state index >= 15 is 0 Å². The minimum absolute atomic E-state index is 0.0292. The van der Waals surface area contributed by atoms with E-state index < -0.39 is 17.8 Å². The first-order valence-corrected chi connectivity index (χ1v) is 6.45. The molecule has 0 aromatic heterocycles. The van der Waals surface area contributed by atoms with Crippen molar-refractivity contribution in [2.24, 2.45) is 5.10 Å². The van der Waals surface area contributed by atoms with E-state index in [1.54, 1.807) is 0 Å². The van der Waals surface area contributed by atoms with E-state index in [0.717, 1.165) is 6.07 Å². The van der Waals surface area contributed by atoms with Crippen LogP contribution in [0.15, 0.2) is 23.3 Å². The van der Waals surface area contributed by atoms with Crippen LogP contribution in [0, 0.1) is 0 Å². The highest BCUT2D eigenvalue weighted by atomic mass is 19.4. The second-order valence-corrected chi connectivity index (χ2v) is 4.66. The summed E-state index contributed by atoms with van der Waals surface area (Å²) in [6.45, 7) is 2.39. The normalized spacial score (nSPS) is 16.5. The molecule has 0 amide bonds. The number of ether oxygens (including phenoxy) is 1. The van der Waals surface area contributed by atoms with Crippen LogP contribution in [0.25, 0.3) is 0 Å². The van der Waals surface area contributed by atoms with Crippen LogP contribution in [0.5, 0.6) is 0 Å². The Hall–Kier alpha value is -1.96.